The molecule has 2 nitrogen and oxygen atoms in total. The second kappa shape index (κ2) is 10.1. The van der Waals surface area contributed by atoms with Crippen LogP contribution in [0.3, 0.4) is 0 Å². The molecule has 200 valence electrons. The first kappa shape index (κ1) is 26.3. The lowest BCUT2D eigenvalue weighted by molar-refractivity contribution is -0.157. The molecule has 36 heavy (non-hydrogen) atoms. The summed E-state index contributed by atoms with van der Waals surface area (Å²) in [4.78, 5) is 12.6. The molecule has 4 aliphatic carbocycles. The second-order valence-electron chi connectivity index (χ2n) is 14.6. The summed E-state index contributed by atoms with van der Waals surface area (Å²) >= 11 is 0. The van der Waals surface area contributed by atoms with E-state index in [4.69, 9.17) is 0 Å². The highest BCUT2D eigenvalue weighted by atomic mass is 16.4. The Balaban J connectivity index is 1.34. The van der Waals surface area contributed by atoms with E-state index in [-0.39, 0.29) is 17.3 Å². The lowest BCUT2D eigenvalue weighted by Gasteiger charge is -2.62. The van der Waals surface area contributed by atoms with E-state index < -0.39 is 5.97 Å². The maximum Gasteiger partial charge on any atom is 0.307 e. The van der Waals surface area contributed by atoms with Gasteiger partial charge in [-0.3, -0.25) is 4.79 Å². The standard InChI is InChI=1S/C34H52O2/c1-22(2)10-9-11-23(3)29-16-17-30-26-15-14-25-20-27(24-12-7-6-8-13-24)28(32(35)36)21-34(25,5)31(26)18-19-33(29,30)4/h6-8,12-13,22-23,25-31H,9-11,14-21H2,1-5H3,(H,35,36)/t23-,25+,26+,27+,28-,29-,30+,31+,33-,34+/m1/s1. The quantitative estimate of drug-likeness (QED) is 0.412. The van der Waals surface area contributed by atoms with E-state index in [9.17, 15) is 9.90 Å². The molecule has 0 bridgehead atoms. The Kier molecular flexibility index (Phi) is 7.38. The number of hydrogen-bond donors (Lipinski definition) is 1. The average molecular weight is 493 g/mol. The highest BCUT2D eigenvalue weighted by Gasteiger charge is 2.62. The van der Waals surface area contributed by atoms with Crippen LogP contribution in [0, 0.1) is 58.2 Å². The Morgan fingerprint density at radius 1 is 0.944 bits per heavy atom. The Morgan fingerprint density at radius 3 is 2.36 bits per heavy atom. The highest BCUT2D eigenvalue weighted by Crippen LogP contribution is 2.69. The zero-order valence-corrected chi connectivity index (χ0v) is 23.7. The molecule has 0 heterocycles. The molecule has 10 atom stereocenters. The molecule has 0 radical (unpaired) electrons. The van der Waals surface area contributed by atoms with Gasteiger partial charge in [0.05, 0.1) is 5.92 Å². The average Bonchev–Trinajstić information content (AvgIpc) is 3.20. The molecule has 0 aliphatic heterocycles. The van der Waals surface area contributed by atoms with Gasteiger partial charge in [0.25, 0.3) is 0 Å². The van der Waals surface area contributed by atoms with Gasteiger partial charge in [0.2, 0.25) is 0 Å². The van der Waals surface area contributed by atoms with Crippen LogP contribution >= 0.6 is 0 Å². The smallest absolute Gasteiger partial charge is 0.307 e. The van der Waals surface area contributed by atoms with Crippen LogP contribution in [0.15, 0.2) is 30.3 Å². The van der Waals surface area contributed by atoms with E-state index in [2.05, 4.69) is 65.0 Å². The van der Waals surface area contributed by atoms with E-state index in [0.717, 1.165) is 48.3 Å². The van der Waals surface area contributed by atoms with Gasteiger partial charge in [-0.05, 0) is 115 Å². The van der Waals surface area contributed by atoms with Crippen molar-refractivity contribution in [1.29, 1.82) is 0 Å². The minimum absolute atomic E-state index is 0.176. The Labute approximate surface area is 221 Å². The maximum atomic E-state index is 12.6. The van der Waals surface area contributed by atoms with Crippen LogP contribution in [0.4, 0.5) is 0 Å². The summed E-state index contributed by atoms with van der Waals surface area (Å²) in [7, 11) is 0. The number of benzene rings is 1. The van der Waals surface area contributed by atoms with Gasteiger partial charge in [-0.15, -0.1) is 0 Å². The number of hydrogen-bond acceptors (Lipinski definition) is 1. The van der Waals surface area contributed by atoms with Gasteiger partial charge in [-0.1, -0.05) is 84.2 Å². The van der Waals surface area contributed by atoms with Crippen LogP contribution in [0.25, 0.3) is 0 Å². The van der Waals surface area contributed by atoms with Gasteiger partial charge < -0.3 is 5.11 Å². The van der Waals surface area contributed by atoms with Crippen LogP contribution in [-0.2, 0) is 4.79 Å². The molecule has 0 amide bonds. The fourth-order valence-electron chi connectivity index (χ4n) is 10.7. The van der Waals surface area contributed by atoms with Crippen molar-refractivity contribution in [2.24, 2.45) is 58.2 Å². The normalized spacial score (nSPS) is 42.9. The first-order valence-corrected chi connectivity index (χ1v) is 15.4. The van der Waals surface area contributed by atoms with E-state index in [1.165, 1.54) is 63.4 Å². The largest absolute Gasteiger partial charge is 0.481 e. The monoisotopic (exact) mass is 492 g/mol. The lowest BCUT2D eigenvalue weighted by atomic mass is 9.42. The lowest BCUT2D eigenvalue weighted by Crippen LogP contribution is -2.55. The van der Waals surface area contributed by atoms with Crippen molar-refractivity contribution in [2.75, 3.05) is 0 Å². The summed E-state index contributed by atoms with van der Waals surface area (Å²) in [6, 6.07) is 10.6. The summed E-state index contributed by atoms with van der Waals surface area (Å²) in [6.07, 6.45) is 14.4. The molecule has 1 N–H and O–H groups in total. The van der Waals surface area contributed by atoms with Crippen molar-refractivity contribution in [1.82, 2.24) is 0 Å². The maximum absolute atomic E-state index is 12.6. The van der Waals surface area contributed by atoms with Crippen LogP contribution in [0.1, 0.15) is 117 Å². The highest BCUT2D eigenvalue weighted by molar-refractivity contribution is 5.72. The molecule has 0 spiro atoms. The van der Waals surface area contributed by atoms with Crippen molar-refractivity contribution in [3.63, 3.8) is 0 Å². The van der Waals surface area contributed by atoms with Crippen molar-refractivity contribution in [3.8, 4) is 0 Å². The number of fused-ring (bicyclic) bond motifs is 5. The SMILES string of the molecule is CC(C)CCC[C@@H](C)[C@H]1CC[C@H]2[C@@H]3CC[C@H]4C[C@@H](c5ccccc5)[C@H](C(=O)O)C[C@]4(C)[C@H]3CC[C@]12C. The van der Waals surface area contributed by atoms with Crippen LogP contribution in [0.2, 0.25) is 0 Å². The van der Waals surface area contributed by atoms with Crippen LogP contribution < -0.4 is 0 Å². The van der Waals surface area contributed by atoms with E-state index in [1.807, 2.05) is 0 Å². The number of carboxylic acids is 1. The van der Waals surface area contributed by atoms with Gasteiger partial charge in [-0.2, -0.15) is 0 Å². The van der Waals surface area contributed by atoms with E-state index in [0.29, 0.717) is 11.3 Å². The minimum atomic E-state index is -0.567. The van der Waals surface area contributed by atoms with E-state index in [1.54, 1.807) is 0 Å². The molecular formula is C34H52O2. The third kappa shape index (κ3) is 4.47. The summed E-state index contributed by atoms with van der Waals surface area (Å²) in [5.74, 6) is 5.01. The predicted molar refractivity (Wildman–Crippen MR) is 149 cm³/mol. The molecule has 4 aliphatic rings. The van der Waals surface area contributed by atoms with Gasteiger partial charge in [0.15, 0.2) is 0 Å². The molecular weight excluding hydrogens is 440 g/mol. The number of rotatable bonds is 7. The fraction of sp³-hybridized carbons (Fsp3) is 0.794. The number of carboxylic acid groups (broad SMARTS) is 1. The van der Waals surface area contributed by atoms with Crippen LogP contribution in [-0.4, -0.2) is 11.1 Å². The zero-order valence-electron chi connectivity index (χ0n) is 23.7. The molecule has 5 rings (SSSR count). The second-order valence-corrected chi connectivity index (χ2v) is 14.6. The Hall–Kier alpha value is -1.31. The molecule has 0 saturated heterocycles. The summed E-state index contributed by atoms with van der Waals surface area (Å²) in [5.41, 5.74) is 1.95. The molecule has 4 fully saturated rings. The number of carbonyl (C=O) groups is 1. The molecule has 1 aromatic carbocycles. The molecule has 0 unspecified atom stereocenters. The molecule has 1 aromatic rings. The van der Waals surface area contributed by atoms with Crippen molar-refractivity contribution in [2.45, 2.75) is 111 Å². The van der Waals surface area contributed by atoms with Crippen LogP contribution in [0.5, 0.6) is 0 Å². The van der Waals surface area contributed by atoms with Gasteiger partial charge in [-0.25, -0.2) is 0 Å². The van der Waals surface area contributed by atoms with Gasteiger partial charge >= 0.3 is 5.97 Å². The third-order valence-electron chi connectivity index (χ3n) is 12.5. The molecule has 4 saturated carbocycles. The third-order valence-corrected chi connectivity index (χ3v) is 12.5. The molecule has 0 aromatic heterocycles. The minimum Gasteiger partial charge on any atom is -0.481 e. The first-order valence-electron chi connectivity index (χ1n) is 15.4. The zero-order chi connectivity index (χ0) is 25.7. The summed E-state index contributed by atoms with van der Waals surface area (Å²) in [6.45, 7) is 12.5. The summed E-state index contributed by atoms with van der Waals surface area (Å²) in [5, 5.41) is 10.4. The van der Waals surface area contributed by atoms with Gasteiger partial charge in [0, 0.05) is 0 Å². The number of aliphatic carboxylic acids is 1. The first-order chi connectivity index (χ1) is 17.1. The van der Waals surface area contributed by atoms with Crippen molar-refractivity contribution >= 4 is 5.97 Å². The fourth-order valence-corrected chi connectivity index (χ4v) is 10.7. The Morgan fingerprint density at radius 2 is 1.67 bits per heavy atom. The summed E-state index contributed by atoms with van der Waals surface area (Å²) < 4.78 is 0. The predicted octanol–water partition coefficient (Wildman–Crippen LogP) is 9.20. The Bertz CT molecular complexity index is 907. The van der Waals surface area contributed by atoms with E-state index >= 15 is 0 Å². The molecule has 2 heteroatoms. The van der Waals surface area contributed by atoms with Crippen molar-refractivity contribution in [3.05, 3.63) is 35.9 Å². The van der Waals surface area contributed by atoms with Crippen molar-refractivity contribution < 1.29 is 9.90 Å². The topological polar surface area (TPSA) is 37.3 Å². The van der Waals surface area contributed by atoms with Gasteiger partial charge in [0.1, 0.15) is 0 Å².